The molecular weight excluding hydrogens is 259 g/mol. The van der Waals surface area contributed by atoms with E-state index in [9.17, 15) is 4.39 Å². The molecule has 2 nitrogen and oxygen atoms in total. The zero-order valence-electron chi connectivity index (χ0n) is 11.5. The Balaban J connectivity index is 1.91. The number of halogens is 1. The Bertz CT molecular complexity index is 461. The summed E-state index contributed by atoms with van der Waals surface area (Å²) >= 11 is 5.30. The second kappa shape index (κ2) is 6.33. The summed E-state index contributed by atoms with van der Waals surface area (Å²) in [6.45, 7) is 4.00. The third-order valence-corrected chi connectivity index (χ3v) is 4.08. The second-order valence-electron chi connectivity index (χ2n) is 5.43. The van der Waals surface area contributed by atoms with Crippen LogP contribution in [0.2, 0.25) is 0 Å². The first kappa shape index (κ1) is 14.3. The van der Waals surface area contributed by atoms with Gasteiger partial charge in [-0.05, 0) is 55.6 Å². The molecule has 1 aromatic rings. The van der Waals surface area contributed by atoms with E-state index in [-0.39, 0.29) is 5.82 Å². The molecular formula is C15H21FN2S. The number of anilines is 1. The van der Waals surface area contributed by atoms with Gasteiger partial charge in [-0.3, -0.25) is 0 Å². The number of nitrogens with one attached hydrogen (secondary N) is 2. The minimum atomic E-state index is -0.209. The van der Waals surface area contributed by atoms with Crippen LogP contribution in [0.4, 0.5) is 10.1 Å². The van der Waals surface area contributed by atoms with Gasteiger partial charge in [0.05, 0.1) is 0 Å². The molecule has 0 aromatic heterocycles. The molecule has 2 atom stereocenters. The fourth-order valence-electron chi connectivity index (χ4n) is 2.54. The average molecular weight is 280 g/mol. The summed E-state index contributed by atoms with van der Waals surface area (Å²) in [6, 6.07) is 5.51. The number of rotatable bonds is 2. The maximum absolute atomic E-state index is 13.4. The van der Waals surface area contributed by atoms with Crippen LogP contribution in [0.25, 0.3) is 0 Å². The molecule has 104 valence electrons. The molecule has 1 aliphatic carbocycles. The minimum Gasteiger partial charge on any atom is -0.359 e. The molecule has 0 bridgehead atoms. The van der Waals surface area contributed by atoms with Gasteiger partial charge < -0.3 is 10.6 Å². The monoisotopic (exact) mass is 280 g/mol. The van der Waals surface area contributed by atoms with Gasteiger partial charge in [0.15, 0.2) is 5.11 Å². The van der Waals surface area contributed by atoms with Crippen LogP contribution in [0, 0.1) is 18.7 Å². The van der Waals surface area contributed by atoms with E-state index in [0.717, 1.165) is 6.42 Å². The molecule has 0 unspecified atom stereocenters. The van der Waals surface area contributed by atoms with Crippen molar-refractivity contribution in [3.8, 4) is 0 Å². The summed E-state index contributed by atoms with van der Waals surface area (Å²) in [7, 11) is 0. The molecule has 1 aliphatic rings. The molecule has 19 heavy (non-hydrogen) atoms. The summed E-state index contributed by atoms with van der Waals surface area (Å²) < 4.78 is 13.4. The van der Waals surface area contributed by atoms with Gasteiger partial charge in [-0.15, -0.1) is 0 Å². The lowest BCUT2D eigenvalue weighted by Crippen LogP contribution is -2.43. The SMILES string of the molecule is Cc1ccc(NC(=S)N[C@H]2CCCC[C@@H]2C)cc1F. The summed E-state index contributed by atoms with van der Waals surface area (Å²) in [5.74, 6) is 0.432. The Labute approximate surface area is 119 Å². The second-order valence-corrected chi connectivity index (χ2v) is 5.84. The maximum atomic E-state index is 13.4. The molecule has 0 heterocycles. The van der Waals surface area contributed by atoms with Gasteiger partial charge in [0.25, 0.3) is 0 Å². The third kappa shape index (κ3) is 3.90. The topological polar surface area (TPSA) is 24.1 Å². The van der Waals surface area contributed by atoms with E-state index in [1.807, 2.05) is 6.07 Å². The lowest BCUT2D eigenvalue weighted by Gasteiger charge is -2.30. The lowest BCUT2D eigenvalue weighted by molar-refractivity contribution is 0.309. The smallest absolute Gasteiger partial charge is 0.171 e. The molecule has 2 N–H and O–H groups in total. The number of hydrogen-bond acceptors (Lipinski definition) is 1. The molecule has 1 saturated carbocycles. The fraction of sp³-hybridized carbons (Fsp3) is 0.533. The normalized spacial score (nSPS) is 22.9. The zero-order chi connectivity index (χ0) is 13.8. The van der Waals surface area contributed by atoms with Crippen molar-refractivity contribution >= 4 is 23.0 Å². The van der Waals surface area contributed by atoms with Gasteiger partial charge >= 0.3 is 0 Å². The molecule has 0 spiro atoms. The van der Waals surface area contributed by atoms with Crippen molar-refractivity contribution in [2.75, 3.05) is 5.32 Å². The maximum Gasteiger partial charge on any atom is 0.171 e. The highest BCUT2D eigenvalue weighted by molar-refractivity contribution is 7.80. The molecule has 2 rings (SSSR count). The van der Waals surface area contributed by atoms with Crippen LogP contribution in [-0.4, -0.2) is 11.2 Å². The van der Waals surface area contributed by atoms with Crippen molar-refractivity contribution < 1.29 is 4.39 Å². The van der Waals surface area contributed by atoms with Crippen LogP contribution < -0.4 is 10.6 Å². The summed E-state index contributed by atoms with van der Waals surface area (Å²) in [4.78, 5) is 0. The van der Waals surface area contributed by atoms with Crippen molar-refractivity contribution in [1.82, 2.24) is 5.32 Å². The largest absolute Gasteiger partial charge is 0.359 e. The van der Waals surface area contributed by atoms with E-state index in [1.54, 1.807) is 13.0 Å². The van der Waals surface area contributed by atoms with E-state index in [0.29, 0.717) is 28.3 Å². The van der Waals surface area contributed by atoms with Gasteiger partial charge in [-0.25, -0.2) is 4.39 Å². The summed E-state index contributed by atoms with van der Waals surface area (Å²) in [5, 5.41) is 6.99. The molecule has 0 amide bonds. The van der Waals surface area contributed by atoms with Crippen LogP contribution in [0.5, 0.6) is 0 Å². The Morgan fingerprint density at radius 2 is 2.05 bits per heavy atom. The quantitative estimate of drug-likeness (QED) is 0.801. The summed E-state index contributed by atoms with van der Waals surface area (Å²) in [5.41, 5.74) is 1.34. The molecule has 1 fully saturated rings. The predicted octanol–water partition coefficient (Wildman–Crippen LogP) is 4.00. The number of aryl methyl sites for hydroxylation is 1. The van der Waals surface area contributed by atoms with Crippen LogP contribution in [0.1, 0.15) is 38.2 Å². The van der Waals surface area contributed by atoms with Gasteiger partial charge in [-0.2, -0.15) is 0 Å². The van der Waals surface area contributed by atoms with Gasteiger partial charge in [0, 0.05) is 11.7 Å². The average Bonchev–Trinajstić information content (AvgIpc) is 2.37. The van der Waals surface area contributed by atoms with Gasteiger partial charge in [-0.1, -0.05) is 25.8 Å². The highest BCUT2D eigenvalue weighted by atomic mass is 32.1. The molecule has 0 saturated heterocycles. The summed E-state index contributed by atoms with van der Waals surface area (Å²) in [6.07, 6.45) is 4.97. The van der Waals surface area contributed by atoms with Crippen molar-refractivity contribution in [2.24, 2.45) is 5.92 Å². The third-order valence-electron chi connectivity index (χ3n) is 3.86. The van der Waals surface area contributed by atoms with Crippen molar-refractivity contribution in [2.45, 2.75) is 45.6 Å². The van der Waals surface area contributed by atoms with Crippen molar-refractivity contribution in [3.63, 3.8) is 0 Å². The van der Waals surface area contributed by atoms with E-state index in [4.69, 9.17) is 12.2 Å². The Kier molecular flexibility index (Phi) is 4.75. The van der Waals surface area contributed by atoms with E-state index < -0.39 is 0 Å². The first-order valence-corrected chi connectivity index (χ1v) is 7.31. The van der Waals surface area contributed by atoms with E-state index in [2.05, 4.69) is 17.6 Å². The Morgan fingerprint density at radius 1 is 1.32 bits per heavy atom. The van der Waals surface area contributed by atoms with Crippen LogP contribution in [-0.2, 0) is 0 Å². The number of hydrogen-bond donors (Lipinski definition) is 2. The van der Waals surface area contributed by atoms with Crippen LogP contribution >= 0.6 is 12.2 Å². The molecule has 4 heteroatoms. The van der Waals surface area contributed by atoms with Gasteiger partial charge in [0.2, 0.25) is 0 Å². The number of benzene rings is 1. The van der Waals surface area contributed by atoms with Crippen LogP contribution in [0.15, 0.2) is 18.2 Å². The molecule has 0 radical (unpaired) electrons. The van der Waals surface area contributed by atoms with Crippen molar-refractivity contribution in [3.05, 3.63) is 29.6 Å². The van der Waals surface area contributed by atoms with Crippen LogP contribution in [0.3, 0.4) is 0 Å². The molecule has 1 aromatic carbocycles. The van der Waals surface area contributed by atoms with E-state index >= 15 is 0 Å². The fourth-order valence-corrected chi connectivity index (χ4v) is 2.81. The highest BCUT2D eigenvalue weighted by Gasteiger charge is 2.21. The molecule has 0 aliphatic heterocycles. The Morgan fingerprint density at radius 3 is 2.74 bits per heavy atom. The van der Waals surface area contributed by atoms with Gasteiger partial charge in [0.1, 0.15) is 5.82 Å². The minimum absolute atomic E-state index is 0.209. The van der Waals surface area contributed by atoms with E-state index in [1.165, 1.54) is 25.3 Å². The Hall–Kier alpha value is -1.16. The highest BCUT2D eigenvalue weighted by Crippen LogP contribution is 2.23. The standard InChI is InChI=1S/C15H21FN2S/c1-10-7-8-12(9-13(10)16)17-15(19)18-14-6-4-3-5-11(14)2/h7-9,11,14H,3-6H2,1-2H3,(H2,17,18,19)/t11-,14-/m0/s1. The zero-order valence-corrected chi connectivity index (χ0v) is 12.3. The number of thiocarbonyl (C=S) groups is 1. The first-order chi connectivity index (χ1) is 9.06. The first-order valence-electron chi connectivity index (χ1n) is 6.90. The predicted molar refractivity (Wildman–Crippen MR) is 81.9 cm³/mol. The lowest BCUT2D eigenvalue weighted by atomic mass is 9.86. The van der Waals surface area contributed by atoms with Crippen molar-refractivity contribution in [1.29, 1.82) is 0 Å².